The van der Waals surface area contributed by atoms with Gasteiger partial charge < -0.3 is 0 Å². The zero-order chi connectivity index (χ0) is 16.7. The van der Waals surface area contributed by atoms with Gasteiger partial charge in [0.1, 0.15) is 15.2 Å². The van der Waals surface area contributed by atoms with Crippen LogP contribution in [0.3, 0.4) is 0 Å². The van der Waals surface area contributed by atoms with Gasteiger partial charge in [-0.15, -0.1) is 22.7 Å². The maximum atomic E-state index is 12.7. The van der Waals surface area contributed by atoms with Gasteiger partial charge >= 0.3 is 0 Å². The number of anilines is 1. The molecule has 4 aromatic rings. The van der Waals surface area contributed by atoms with Crippen molar-refractivity contribution in [2.24, 2.45) is 0 Å². The molecule has 0 amide bonds. The lowest BCUT2D eigenvalue weighted by Crippen LogP contribution is -2.11. The highest BCUT2D eigenvalue weighted by atomic mass is 79.9. The lowest BCUT2D eigenvalue weighted by atomic mass is 10.3. The smallest absolute Gasteiger partial charge is 0.271 e. The molecule has 0 unspecified atom stereocenters. The molecule has 3 heterocycles. The van der Waals surface area contributed by atoms with Crippen LogP contribution in [0.4, 0.5) is 5.69 Å². The Morgan fingerprint density at radius 3 is 2.54 bits per heavy atom. The van der Waals surface area contributed by atoms with E-state index in [2.05, 4.69) is 29.4 Å². The average Bonchev–Trinajstić information content (AvgIpc) is 3.26. The van der Waals surface area contributed by atoms with Crippen molar-refractivity contribution < 1.29 is 8.42 Å². The van der Waals surface area contributed by atoms with Crippen molar-refractivity contribution in [3.05, 3.63) is 46.3 Å². The molecule has 3 aromatic heterocycles. The number of hydrogen-bond donors (Lipinski definition) is 1. The number of fused-ring (bicyclic) bond motifs is 1. The molecule has 5 nitrogen and oxygen atoms in total. The second-order valence-electron chi connectivity index (χ2n) is 4.77. The predicted octanol–water partition coefficient (Wildman–Crippen LogP) is 5.04. The zero-order valence-electron chi connectivity index (χ0n) is 11.8. The largest absolute Gasteiger partial charge is 0.277 e. The number of rotatable bonds is 4. The van der Waals surface area contributed by atoms with Gasteiger partial charge in [-0.1, -0.05) is 6.07 Å². The quantitative estimate of drug-likeness (QED) is 0.465. The fraction of sp³-hybridized carbons (Fsp3) is 0. The molecule has 0 spiro atoms. The van der Waals surface area contributed by atoms with Crippen LogP contribution in [0.25, 0.3) is 20.8 Å². The first-order chi connectivity index (χ1) is 11.5. The van der Waals surface area contributed by atoms with Crippen molar-refractivity contribution >= 4 is 77.1 Å². The molecule has 0 saturated heterocycles. The molecule has 0 saturated carbocycles. The molecular formula is C14H8BrN3O2S4. The molecule has 0 aliphatic heterocycles. The van der Waals surface area contributed by atoms with Crippen LogP contribution >= 0.6 is 50.3 Å². The van der Waals surface area contributed by atoms with Gasteiger partial charge in [0.2, 0.25) is 0 Å². The molecule has 1 aromatic carbocycles. The minimum absolute atomic E-state index is 0.266. The van der Waals surface area contributed by atoms with Gasteiger partial charge in [0.25, 0.3) is 10.0 Å². The highest BCUT2D eigenvalue weighted by Gasteiger charge is 2.19. The van der Waals surface area contributed by atoms with E-state index >= 15 is 0 Å². The summed E-state index contributed by atoms with van der Waals surface area (Å²) in [7, 11) is -3.66. The number of benzene rings is 1. The Balaban J connectivity index is 1.68. The van der Waals surface area contributed by atoms with E-state index in [4.69, 9.17) is 0 Å². The lowest BCUT2D eigenvalue weighted by Gasteiger charge is -2.06. The van der Waals surface area contributed by atoms with E-state index in [0.717, 1.165) is 25.3 Å². The van der Waals surface area contributed by atoms with Crippen LogP contribution in [0.5, 0.6) is 0 Å². The maximum absolute atomic E-state index is 12.7. The van der Waals surface area contributed by atoms with E-state index in [-0.39, 0.29) is 4.21 Å². The highest BCUT2D eigenvalue weighted by molar-refractivity contribution is 9.11. The van der Waals surface area contributed by atoms with Crippen molar-refractivity contribution in [3.8, 4) is 9.75 Å². The summed E-state index contributed by atoms with van der Waals surface area (Å²) in [6.45, 7) is 0. The molecule has 0 aliphatic rings. The summed E-state index contributed by atoms with van der Waals surface area (Å²) in [5.74, 6) is 0. The number of aromatic nitrogens is 2. The summed E-state index contributed by atoms with van der Waals surface area (Å²) < 4.78 is 37.5. The van der Waals surface area contributed by atoms with Gasteiger partial charge in [-0.05, 0) is 52.3 Å². The van der Waals surface area contributed by atoms with Crippen LogP contribution in [0, 0.1) is 0 Å². The Morgan fingerprint density at radius 2 is 1.75 bits per heavy atom. The summed E-state index contributed by atoms with van der Waals surface area (Å²) in [6, 6.07) is 12.6. The average molecular weight is 458 g/mol. The number of halogens is 1. The first-order valence-corrected chi connectivity index (χ1v) is 11.3. The Hall–Kier alpha value is -1.33. The van der Waals surface area contributed by atoms with E-state index in [1.165, 1.54) is 11.3 Å². The molecule has 10 heteroatoms. The molecule has 4 rings (SSSR count). The number of nitrogens with zero attached hydrogens (tertiary/aromatic N) is 2. The van der Waals surface area contributed by atoms with Crippen LogP contribution in [0.15, 0.2) is 50.5 Å². The molecular weight excluding hydrogens is 450 g/mol. The summed E-state index contributed by atoms with van der Waals surface area (Å²) in [6.07, 6.45) is 0. The third-order valence-electron chi connectivity index (χ3n) is 3.19. The summed E-state index contributed by atoms with van der Waals surface area (Å²) in [5.41, 5.74) is 1.68. The molecule has 0 atom stereocenters. The van der Waals surface area contributed by atoms with Gasteiger partial charge in [-0.2, -0.15) is 8.75 Å². The van der Waals surface area contributed by atoms with E-state index in [0.29, 0.717) is 16.7 Å². The van der Waals surface area contributed by atoms with Crippen molar-refractivity contribution in [2.75, 3.05) is 4.72 Å². The molecule has 24 heavy (non-hydrogen) atoms. The third kappa shape index (κ3) is 3.00. The second-order valence-corrected chi connectivity index (χ2v) is 10.7. The van der Waals surface area contributed by atoms with E-state index in [9.17, 15) is 8.42 Å². The number of sulfonamides is 1. The third-order valence-corrected chi connectivity index (χ3v) is 8.50. The normalized spacial score (nSPS) is 11.9. The number of nitrogens with one attached hydrogen (secondary N) is 1. The first kappa shape index (κ1) is 16.2. The van der Waals surface area contributed by atoms with Crippen molar-refractivity contribution in [1.82, 2.24) is 8.75 Å². The standard InChI is InChI=1S/C14H8BrN3O2S4/c15-12-6-4-10(21-12)11-5-7-13(22-11)24(19,20)18-9-3-1-2-8-14(9)17-23-16-8/h1-7,18H. The van der Waals surface area contributed by atoms with Gasteiger partial charge in [0, 0.05) is 9.75 Å². The van der Waals surface area contributed by atoms with Gasteiger partial charge in [-0.3, -0.25) is 4.72 Å². The predicted molar refractivity (Wildman–Crippen MR) is 104 cm³/mol. The molecule has 1 N–H and O–H groups in total. The van der Waals surface area contributed by atoms with Crippen LogP contribution in [-0.2, 0) is 10.0 Å². The number of hydrogen-bond acceptors (Lipinski definition) is 7. The highest BCUT2D eigenvalue weighted by Crippen LogP contribution is 2.37. The van der Waals surface area contributed by atoms with Gasteiger partial charge in [-0.25, -0.2) is 8.42 Å². The van der Waals surface area contributed by atoms with Crippen molar-refractivity contribution in [3.63, 3.8) is 0 Å². The van der Waals surface area contributed by atoms with Gasteiger partial charge in [0.05, 0.1) is 21.2 Å². The monoisotopic (exact) mass is 457 g/mol. The van der Waals surface area contributed by atoms with Crippen LogP contribution in [-0.4, -0.2) is 17.2 Å². The van der Waals surface area contributed by atoms with Crippen molar-refractivity contribution in [2.45, 2.75) is 4.21 Å². The topological polar surface area (TPSA) is 72.0 Å². The summed E-state index contributed by atoms with van der Waals surface area (Å²) in [5, 5.41) is 0. The van der Waals surface area contributed by atoms with E-state index < -0.39 is 10.0 Å². The molecule has 0 aliphatic carbocycles. The molecule has 122 valence electrons. The summed E-state index contributed by atoms with van der Waals surface area (Å²) in [4.78, 5) is 1.94. The Kier molecular flexibility index (Phi) is 4.17. The van der Waals surface area contributed by atoms with Crippen molar-refractivity contribution in [1.29, 1.82) is 0 Å². The second kappa shape index (κ2) is 6.19. The Labute approximate surface area is 158 Å². The molecule has 0 bridgehead atoms. The lowest BCUT2D eigenvalue weighted by molar-refractivity contribution is 0.603. The summed E-state index contributed by atoms with van der Waals surface area (Å²) >= 11 is 7.28. The first-order valence-electron chi connectivity index (χ1n) is 6.62. The fourth-order valence-corrected chi connectivity index (χ4v) is 6.53. The maximum Gasteiger partial charge on any atom is 0.271 e. The SMILES string of the molecule is O=S(=O)(Nc1cccc2nsnc12)c1ccc(-c2ccc(Br)s2)s1. The van der Waals surface area contributed by atoms with Gasteiger partial charge in [0.15, 0.2) is 0 Å². The molecule has 0 fully saturated rings. The Morgan fingerprint density at radius 1 is 0.958 bits per heavy atom. The number of thiophene rings is 2. The minimum atomic E-state index is -3.66. The van der Waals surface area contributed by atoms with E-state index in [1.807, 2.05) is 18.2 Å². The minimum Gasteiger partial charge on any atom is -0.277 e. The zero-order valence-corrected chi connectivity index (χ0v) is 16.6. The van der Waals surface area contributed by atoms with E-state index in [1.54, 1.807) is 35.6 Å². The van der Waals surface area contributed by atoms with Crippen LogP contribution in [0.2, 0.25) is 0 Å². The Bertz CT molecular complexity index is 1130. The van der Waals surface area contributed by atoms with Crippen LogP contribution in [0.1, 0.15) is 0 Å². The fourth-order valence-electron chi connectivity index (χ4n) is 2.13. The molecule has 0 radical (unpaired) electrons. The van der Waals surface area contributed by atoms with Crippen LogP contribution < -0.4 is 4.72 Å².